The predicted octanol–water partition coefficient (Wildman–Crippen LogP) is 12.4. The Balaban J connectivity index is 1.19. The van der Waals surface area contributed by atoms with Gasteiger partial charge in [0.05, 0.1) is 28.1 Å². The summed E-state index contributed by atoms with van der Waals surface area (Å²) in [4.78, 5) is 4.91. The molecule has 0 N–H and O–H groups in total. The molecule has 0 radical (unpaired) electrons. The SMILES string of the molecule is Cc1ccc2c3c4c(cc2c1)-n1c(C)cc2c(N(c5ccccc5C)c5ccccc5C)ccc(c21)B4c1ccc(N(c2ccccc2)c2ccccc2)c2cc(C)n-3c12. The van der Waals surface area contributed by atoms with Gasteiger partial charge in [0.25, 0.3) is 6.71 Å². The second-order valence-electron chi connectivity index (χ2n) is 16.8. The molecule has 4 heterocycles. The molecule has 8 aromatic carbocycles. The van der Waals surface area contributed by atoms with Crippen LogP contribution in [0.2, 0.25) is 0 Å². The molecule has 0 fully saturated rings. The molecule has 0 atom stereocenters. The van der Waals surface area contributed by atoms with Crippen LogP contribution in [0, 0.1) is 34.6 Å². The standard InChI is InChI=1S/C55H43BN4/c1-34-24-25-42-39(30-34)33-51-52-55(42)58-38(5)32-43-49(59(40-18-8-6-9-19-40)41-20-10-7-11-21-41)28-26-46(54(43)58)56(52)45-27-29-50(44-31-37(4)57(51)53(44)45)60(47-22-14-12-16-35(47)2)48-23-15-13-17-36(48)3/h6-33H,1-5H3. The lowest BCUT2D eigenvalue weighted by Gasteiger charge is -2.36. The molecule has 0 spiro atoms. The molecule has 286 valence electrons. The highest BCUT2D eigenvalue weighted by Gasteiger charge is 2.42. The van der Waals surface area contributed by atoms with Crippen LogP contribution in [0.25, 0.3) is 44.0 Å². The molecule has 0 aliphatic carbocycles. The summed E-state index contributed by atoms with van der Waals surface area (Å²) in [7, 11) is 0. The number of para-hydroxylation sites is 4. The molecule has 0 bridgehead atoms. The highest BCUT2D eigenvalue weighted by atomic mass is 15.2. The molecule has 0 unspecified atom stereocenters. The van der Waals surface area contributed by atoms with Crippen molar-refractivity contribution in [2.24, 2.45) is 0 Å². The van der Waals surface area contributed by atoms with E-state index in [1.807, 2.05) is 0 Å². The maximum absolute atomic E-state index is 2.59. The molecule has 5 heteroatoms. The molecule has 2 aliphatic rings. The summed E-state index contributed by atoms with van der Waals surface area (Å²) in [5.74, 6) is 0. The third kappa shape index (κ3) is 4.80. The highest BCUT2D eigenvalue weighted by molar-refractivity contribution is 7.00. The Hall–Kier alpha value is -7.24. The summed E-state index contributed by atoms with van der Waals surface area (Å²) < 4.78 is 5.16. The summed E-state index contributed by atoms with van der Waals surface area (Å²) >= 11 is 0. The van der Waals surface area contributed by atoms with E-state index in [2.05, 4.69) is 223 Å². The quantitative estimate of drug-likeness (QED) is 0.157. The van der Waals surface area contributed by atoms with Crippen molar-refractivity contribution in [3.8, 4) is 11.4 Å². The Bertz CT molecular complexity index is 3310. The van der Waals surface area contributed by atoms with E-state index in [0.29, 0.717) is 0 Å². The monoisotopic (exact) mass is 770 g/mol. The van der Waals surface area contributed by atoms with E-state index < -0.39 is 0 Å². The fourth-order valence-electron chi connectivity index (χ4n) is 10.7. The first-order chi connectivity index (χ1) is 29.4. The number of benzene rings is 8. The first-order valence-electron chi connectivity index (χ1n) is 21.1. The van der Waals surface area contributed by atoms with Gasteiger partial charge in [-0.1, -0.05) is 109 Å². The van der Waals surface area contributed by atoms with E-state index in [0.717, 1.165) is 11.4 Å². The van der Waals surface area contributed by atoms with Crippen molar-refractivity contribution in [2.45, 2.75) is 34.6 Å². The maximum Gasteiger partial charge on any atom is 0.252 e. The molecule has 0 saturated carbocycles. The van der Waals surface area contributed by atoms with E-state index in [1.54, 1.807) is 0 Å². The van der Waals surface area contributed by atoms with Gasteiger partial charge >= 0.3 is 0 Å². The molecule has 0 saturated heterocycles. The van der Waals surface area contributed by atoms with Gasteiger partial charge in [-0.3, -0.25) is 0 Å². The minimum Gasteiger partial charge on any atom is -0.315 e. The van der Waals surface area contributed by atoms with Crippen molar-refractivity contribution in [2.75, 3.05) is 9.80 Å². The third-order valence-electron chi connectivity index (χ3n) is 13.2. The zero-order valence-electron chi connectivity index (χ0n) is 34.5. The summed E-state index contributed by atoms with van der Waals surface area (Å²) in [6.07, 6.45) is 0. The van der Waals surface area contributed by atoms with Crippen LogP contribution in [0.4, 0.5) is 34.1 Å². The van der Waals surface area contributed by atoms with Crippen LogP contribution in [0.1, 0.15) is 28.1 Å². The van der Waals surface area contributed by atoms with Gasteiger partial charge in [0.1, 0.15) is 0 Å². The van der Waals surface area contributed by atoms with E-state index in [1.165, 1.54) is 111 Å². The zero-order chi connectivity index (χ0) is 40.4. The average Bonchev–Trinajstić information content (AvgIpc) is 3.80. The van der Waals surface area contributed by atoms with E-state index in [4.69, 9.17) is 0 Å². The topological polar surface area (TPSA) is 16.3 Å². The zero-order valence-corrected chi connectivity index (χ0v) is 34.5. The number of hydrogen-bond acceptors (Lipinski definition) is 2. The molecule has 10 aromatic rings. The Labute approximate surface area is 351 Å². The first kappa shape index (κ1) is 34.8. The van der Waals surface area contributed by atoms with Crippen LogP contribution in [0.5, 0.6) is 0 Å². The normalized spacial score (nSPS) is 12.4. The minimum atomic E-state index is 0.0321. The molecule has 2 aliphatic heterocycles. The predicted molar refractivity (Wildman–Crippen MR) is 255 cm³/mol. The van der Waals surface area contributed by atoms with Gasteiger partial charge in [0.15, 0.2) is 0 Å². The number of fused-ring (bicyclic) bond motifs is 6. The van der Waals surface area contributed by atoms with Gasteiger partial charge in [0, 0.05) is 56.0 Å². The molecular formula is C55H43BN4. The van der Waals surface area contributed by atoms with Crippen molar-refractivity contribution in [3.63, 3.8) is 0 Å². The van der Waals surface area contributed by atoms with Gasteiger partial charge in [0.2, 0.25) is 0 Å². The molecular weight excluding hydrogens is 727 g/mol. The van der Waals surface area contributed by atoms with Crippen LogP contribution >= 0.6 is 0 Å². The molecule has 12 rings (SSSR count). The van der Waals surface area contributed by atoms with E-state index in [-0.39, 0.29) is 6.71 Å². The van der Waals surface area contributed by atoms with Crippen molar-refractivity contribution < 1.29 is 0 Å². The molecule has 2 aromatic heterocycles. The van der Waals surface area contributed by atoms with E-state index >= 15 is 0 Å². The van der Waals surface area contributed by atoms with Crippen LogP contribution in [-0.2, 0) is 0 Å². The molecule has 60 heavy (non-hydrogen) atoms. The third-order valence-corrected chi connectivity index (χ3v) is 13.2. The number of hydrogen-bond donors (Lipinski definition) is 0. The summed E-state index contributed by atoms with van der Waals surface area (Å²) in [5.41, 5.74) is 22.5. The Morgan fingerprint density at radius 2 is 0.933 bits per heavy atom. The van der Waals surface area contributed by atoms with Gasteiger partial charge in [-0.05, 0) is 134 Å². The van der Waals surface area contributed by atoms with Gasteiger partial charge in [-0.25, -0.2) is 0 Å². The lowest BCUT2D eigenvalue weighted by atomic mass is 9.34. The summed E-state index contributed by atoms with van der Waals surface area (Å²) in [5, 5.41) is 5.07. The minimum absolute atomic E-state index is 0.0321. The summed E-state index contributed by atoms with van der Waals surface area (Å²) in [6.45, 7) is 11.3. The lowest BCUT2D eigenvalue weighted by Crippen LogP contribution is -2.59. The molecule has 0 amide bonds. The second kappa shape index (κ2) is 12.9. The number of nitrogens with zero attached hydrogens (tertiary/aromatic N) is 4. The fraction of sp³-hybridized carbons (Fsp3) is 0.0909. The second-order valence-corrected chi connectivity index (χ2v) is 16.8. The maximum atomic E-state index is 2.59. The van der Waals surface area contributed by atoms with Crippen LogP contribution in [-0.4, -0.2) is 15.8 Å². The van der Waals surface area contributed by atoms with Crippen LogP contribution in [0.15, 0.2) is 170 Å². The first-order valence-corrected chi connectivity index (χ1v) is 21.1. The Morgan fingerprint density at radius 1 is 0.417 bits per heavy atom. The number of aryl methyl sites for hydroxylation is 5. The number of rotatable bonds is 6. The van der Waals surface area contributed by atoms with Crippen LogP contribution in [0.3, 0.4) is 0 Å². The Morgan fingerprint density at radius 3 is 1.52 bits per heavy atom. The largest absolute Gasteiger partial charge is 0.315 e. The smallest absolute Gasteiger partial charge is 0.252 e. The van der Waals surface area contributed by atoms with Crippen molar-refractivity contribution in [3.05, 3.63) is 198 Å². The van der Waals surface area contributed by atoms with Crippen molar-refractivity contribution >= 4 is 89.8 Å². The average molecular weight is 771 g/mol. The summed E-state index contributed by atoms with van der Waals surface area (Å²) in [6, 6.07) is 63.1. The van der Waals surface area contributed by atoms with Gasteiger partial charge in [-0.15, -0.1) is 0 Å². The van der Waals surface area contributed by atoms with Crippen molar-refractivity contribution in [1.29, 1.82) is 0 Å². The van der Waals surface area contributed by atoms with Crippen molar-refractivity contribution in [1.82, 2.24) is 9.13 Å². The van der Waals surface area contributed by atoms with Gasteiger partial charge in [-0.2, -0.15) is 0 Å². The van der Waals surface area contributed by atoms with Crippen LogP contribution < -0.4 is 26.2 Å². The number of aromatic nitrogens is 2. The highest BCUT2D eigenvalue weighted by Crippen LogP contribution is 2.46. The van der Waals surface area contributed by atoms with E-state index in [9.17, 15) is 0 Å². The van der Waals surface area contributed by atoms with Gasteiger partial charge < -0.3 is 18.9 Å². The Kier molecular flexibility index (Phi) is 7.47. The molecule has 4 nitrogen and oxygen atoms in total. The fourth-order valence-corrected chi connectivity index (χ4v) is 10.7. The lowest BCUT2D eigenvalue weighted by molar-refractivity contribution is 1.04. The number of anilines is 6.